The number of carbonyl (C=O) groups excluding carboxylic acids is 1. The lowest BCUT2D eigenvalue weighted by atomic mass is 10.1. The molecule has 160 valence electrons. The van der Waals surface area contributed by atoms with E-state index in [0.717, 1.165) is 64.1 Å². The Morgan fingerprint density at radius 2 is 1.45 bits per heavy atom. The van der Waals surface area contributed by atoms with Crippen molar-refractivity contribution in [1.29, 1.82) is 0 Å². The summed E-state index contributed by atoms with van der Waals surface area (Å²) in [5.41, 5.74) is 0.991. The molecule has 2 heterocycles. The number of hydrogen-bond acceptors (Lipinski definition) is 5. The van der Waals surface area contributed by atoms with E-state index in [1.807, 2.05) is 18.2 Å². The Bertz CT molecular complexity index is 694. The first kappa shape index (κ1) is 21.4. The van der Waals surface area contributed by atoms with Gasteiger partial charge in [0.25, 0.3) is 0 Å². The van der Waals surface area contributed by atoms with E-state index in [2.05, 4.69) is 19.6 Å². The second-order valence-corrected chi connectivity index (χ2v) is 9.41. The van der Waals surface area contributed by atoms with Crippen LogP contribution >= 0.6 is 23.2 Å². The monoisotopic (exact) mass is 438 g/mol. The van der Waals surface area contributed by atoms with Gasteiger partial charge in [-0.15, -0.1) is 0 Å². The zero-order chi connectivity index (χ0) is 20.2. The van der Waals surface area contributed by atoms with Gasteiger partial charge in [-0.3, -0.25) is 19.5 Å². The minimum absolute atomic E-state index is 0.341. The fourth-order valence-electron chi connectivity index (χ4n) is 4.99. The molecule has 2 saturated heterocycles. The number of ketones is 1. The third-order valence-corrected chi connectivity index (χ3v) is 7.50. The summed E-state index contributed by atoms with van der Waals surface area (Å²) in [7, 11) is 0. The van der Waals surface area contributed by atoms with Gasteiger partial charge in [0.15, 0.2) is 5.78 Å². The normalized spacial score (nSPS) is 23.0. The minimum Gasteiger partial charge on any atom is -0.368 e. The summed E-state index contributed by atoms with van der Waals surface area (Å²) in [6.45, 7) is 8.95. The van der Waals surface area contributed by atoms with Crippen LogP contribution in [0.3, 0.4) is 0 Å². The van der Waals surface area contributed by atoms with Gasteiger partial charge in [0, 0.05) is 58.4 Å². The Labute approximate surface area is 184 Å². The van der Waals surface area contributed by atoms with Crippen LogP contribution in [0.4, 0.5) is 5.69 Å². The highest BCUT2D eigenvalue weighted by molar-refractivity contribution is 6.43. The summed E-state index contributed by atoms with van der Waals surface area (Å²) in [6.07, 6.45) is 5.51. The highest BCUT2D eigenvalue weighted by atomic mass is 35.5. The topological polar surface area (TPSA) is 30.0 Å². The molecule has 7 heteroatoms. The average Bonchev–Trinajstić information content (AvgIpc) is 3.26. The van der Waals surface area contributed by atoms with E-state index in [4.69, 9.17) is 23.2 Å². The SMILES string of the molecule is O=C(CN1CCN(c2cccc(Cl)c2Cl)CC1)CN1CCN(C2CCCC2)CC1. The molecular weight excluding hydrogens is 407 g/mol. The Kier molecular flexibility index (Phi) is 7.35. The van der Waals surface area contributed by atoms with E-state index in [0.29, 0.717) is 28.9 Å². The third kappa shape index (κ3) is 5.45. The van der Waals surface area contributed by atoms with E-state index < -0.39 is 0 Å². The fraction of sp³-hybridized carbons (Fsp3) is 0.682. The molecule has 0 spiro atoms. The molecule has 4 rings (SSSR count). The van der Waals surface area contributed by atoms with E-state index in [1.54, 1.807) is 0 Å². The number of nitrogens with zero attached hydrogens (tertiary/aromatic N) is 4. The van der Waals surface area contributed by atoms with E-state index >= 15 is 0 Å². The quantitative estimate of drug-likeness (QED) is 0.679. The van der Waals surface area contributed by atoms with Crippen molar-refractivity contribution in [2.75, 3.05) is 70.3 Å². The molecule has 1 aromatic rings. The van der Waals surface area contributed by atoms with Gasteiger partial charge in [-0.25, -0.2) is 0 Å². The number of carbonyl (C=O) groups is 1. The standard InChI is InChI=1S/C22H32Cl2N4O/c23-20-6-3-7-21(22(20)24)28-14-10-26(11-15-28)17-19(29)16-25-8-12-27(13-9-25)18-4-1-2-5-18/h3,6-7,18H,1-2,4-5,8-17H2. The van der Waals surface area contributed by atoms with Crippen molar-refractivity contribution in [1.82, 2.24) is 14.7 Å². The minimum atomic E-state index is 0.341. The first-order valence-corrected chi connectivity index (χ1v) is 11.7. The van der Waals surface area contributed by atoms with Crippen LogP contribution in [-0.4, -0.2) is 92.0 Å². The maximum atomic E-state index is 12.6. The van der Waals surface area contributed by atoms with Crippen molar-refractivity contribution in [3.63, 3.8) is 0 Å². The summed E-state index contributed by atoms with van der Waals surface area (Å²) in [4.78, 5) is 22.1. The molecule has 0 atom stereocenters. The zero-order valence-corrected chi connectivity index (χ0v) is 18.7. The number of rotatable bonds is 6. The van der Waals surface area contributed by atoms with Gasteiger partial charge in [0.05, 0.1) is 28.8 Å². The second kappa shape index (κ2) is 9.97. The van der Waals surface area contributed by atoms with Crippen LogP contribution in [0.2, 0.25) is 10.0 Å². The van der Waals surface area contributed by atoms with Crippen LogP contribution in [0.1, 0.15) is 25.7 Å². The Morgan fingerprint density at radius 3 is 2.07 bits per heavy atom. The molecule has 0 aromatic heterocycles. The van der Waals surface area contributed by atoms with Crippen LogP contribution in [0.5, 0.6) is 0 Å². The highest BCUT2D eigenvalue weighted by Crippen LogP contribution is 2.32. The molecule has 0 amide bonds. The lowest BCUT2D eigenvalue weighted by Crippen LogP contribution is -2.52. The summed E-state index contributed by atoms with van der Waals surface area (Å²) < 4.78 is 0. The number of piperazine rings is 2. The molecule has 1 aromatic carbocycles. The number of benzene rings is 1. The molecule has 3 fully saturated rings. The van der Waals surface area contributed by atoms with Gasteiger partial charge in [-0.1, -0.05) is 42.1 Å². The van der Waals surface area contributed by atoms with Crippen LogP contribution < -0.4 is 4.90 Å². The highest BCUT2D eigenvalue weighted by Gasteiger charge is 2.27. The Hall–Kier alpha value is -0.850. The number of Topliss-reactive ketones (excluding diaryl/α,β-unsaturated/α-hetero) is 1. The van der Waals surface area contributed by atoms with E-state index in [9.17, 15) is 4.79 Å². The van der Waals surface area contributed by atoms with Gasteiger partial charge in [-0.2, -0.15) is 0 Å². The molecule has 0 bridgehead atoms. The van der Waals surface area contributed by atoms with Crippen molar-refractivity contribution in [3.05, 3.63) is 28.2 Å². The zero-order valence-electron chi connectivity index (χ0n) is 17.2. The van der Waals surface area contributed by atoms with Gasteiger partial charge in [0.1, 0.15) is 0 Å². The largest absolute Gasteiger partial charge is 0.368 e. The summed E-state index contributed by atoms with van der Waals surface area (Å²) in [5.74, 6) is 0.341. The van der Waals surface area contributed by atoms with Crippen LogP contribution in [0.25, 0.3) is 0 Å². The molecule has 2 aliphatic heterocycles. The van der Waals surface area contributed by atoms with Crippen molar-refractivity contribution in [2.45, 2.75) is 31.7 Å². The van der Waals surface area contributed by atoms with E-state index in [1.165, 1.54) is 25.7 Å². The molecule has 1 aliphatic carbocycles. The number of halogens is 2. The van der Waals surface area contributed by atoms with Crippen LogP contribution in [-0.2, 0) is 4.79 Å². The first-order chi connectivity index (χ1) is 14.1. The first-order valence-electron chi connectivity index (χ1n) is 11.0. The van der Waals surface area contributed by atoms with Crippen molar-refractivity contribution in [2.24, 2.45) is 0 Å². The maximum absolute atomic E-state index is 12.6. The molecule has 0 unspecified atom stereocenters. The van der Waals surface area contributed by atoms with Gasteiger partial charge in [0.2, 0.25) is 0 Å². The molecular formula is C22H32Cl2N4O. The third-order valence-electron chi connectivity index (χ3n) is 6.69. The van der Waals surface area contributed by atoms with E-state index in [-0.39, 0.29) is 0 Å². The summed E-state index contributed by atoms with van der Waals surface area (Å²) >= 11 is 12.5. The van der Waals surface area contributed by atoms with Gasteiger partial charge < -0.3 is 4.90 Å². The Morgan fingerprint density at radius 1 is 0.862 bits per heavy atom. The fourth-order valence-corrected chi connectivity index (χ4v) is 5.40. The molecule has 5 nitrogen and oxygen atoms in total. The van der Waals surface area contributed by atoms with Gasteiger partial charge >= 0.3 is 0 Å². The van der Waals surface area contributed by atoms with Crippen LogP contribution in [0.15, 0.2) is 18.2 Å². The second-order valence-electron chi connectivity index (χ2n) is 8.63. The smallest absolute Gasteiger partial charge is 0.160 e. The van der Waals surface area contributed by atoms with Crippen molar-refractivity contribution >= 4 is 34.7 Å². The summed E-state index contributed by atoms with van der Waals surface area (Å²) in [6, 6.07) is 6.57. The predicted octanol–water partition coefficient (Wildman–Crippen LogP) is 3.24. The molecule has 29 heavy (non-hydrogen) atoms. The lowest BCUT2D eigenvalue weighted by molar-refractivity contribution is -0.121. The predicted molar refractivity (Wildman–Crippen MR) is 120 cm³/mol. The van der Waals surface area contributed by atoms with Crippen LogP contribution in [0, 0.1) is 0 Å². The Balaban J connectivity index is 1.18. The molecule has 1 saturated carbocycles. The lowest BCUT2D eigenvalue weighted by Gasteiger charge is -2.38. The number of anilines is 1. The molecule has 0 N–H and O–H groups in total. The molecule has 3 aliphatic rings. The maximum Gasteiger partial charge on any atom is 0.160 e. The number of hydrogen-bond donors (Lipinski definition) is 0. The van der Waals surface area contributed by atoms with Gasteiger partial charge in [-0.05, 0) is 25.0 Å². The molecule has 0 radical (unpaired) electrons. The average molecular weight is 439 g/mol. The van der Waals surface area contributed by atoms with Crippen molar-refractivity contribution < 1.29 is 4.79 Å². The van der Waals surface area contributed by atoms with Crippen molar-refractivity contribution in [3.8, 4) is 0 Å². The summed E-state index contributed by atoms with van der Waals surface area (Å²) in [5, 5.41) is 1.21.